The summed E-state index contributed by atoms with van der Waals surface area (Å²) in [6, 6.07) is 70.7. The molecule has 0 aliphatic heterocycles. The van der Waals surface area contributed by atoms with Gasteiger partial charge in [0.1, 0.15) is 0 Å². The van der Waals surface area contributed by atoms with Gasteiger partial charge in [-0.15, -0.1) is 11.3 Å². The van der Waals surface area contributed by atoms with Crippen LogP contribution in [0.3, 0.4) is 0 Å². The smallest absolute Gasteiger partial charge is 0.160 e. The third kappa shape index (κ3) is 5.61. The summed E-state index contributed by atoms with van der Waals surface area (Å²) in [7, 11) is 0. The van der Waals surface area contributed by atoms with E-state index in [-0.39, 0.29) is 5.41 Å². The molecule has 0 radical (unpaired) electrons. The number of hydrogen-bond acceptors (Lipinski definition) is 3. The van der Waals surface area contributed by atoms with Gasteiger partial charge in [-0.3, -0.25) is 0 Å². The summed E-state index contributed by atoms with van der Waals surface area (Å²) in [5, 5.41) is 7.55. The van der Waals surface area contributed by atoms with Crippen LogP contribution in [0.25, 0.3) is 109 Å². The first-order valence-electron chi connectivity index (χ1n) is 20.6. The maximum absolute atomic E-state index is 5.31. The van der Waals surface area contributed by atoms with E-state index in [1.807, 2.05) is 17.4 Å². The normalized spacial score (nSPS) is 13.0. The van der Waals surface area contributed by atoms with E-state index in [2.05, 4.69) is 202 Å². The highest BCUT2D eigenvalue weighted by Gasteiger charge is 2.37. The molecule has 1 aliphatic rings. The minimum absolute atomic E-state index is 0.142. The van der Waals surface area contributed by atoms with Crippen molar-refractivity contribution in [1.29, 1.82) is 0 Å². The lowest BCUT2D eigenvalue weighted by Gasteiger charge is -2.22. The second kappa shape index (κ2) is 13.4. The molecular weight excluding hydrogens is 745 g/mol. The van der Waals surface area contributed by atoms with Crippen molar-refractivity contribution in [2.24, 2.45) is 0 Å². The fourth-order valence-corrected chi connectivity index (χ4v) is 10.6. The van der Waals surface area contributed by atoms with Crippen molar-refractivity contribution >= 4 is 53.1 Å². The Balaban J connectivity index is 0.919. The predicted molar refractivity (Wildman–Crippen MR) is 255 cm³/mol. The SMILES string of the molecule is CC1(C)c2cc3ccccc3cc2-c2c(-c3cc(-c4ccc5cc(-c6ccc(-c7ccc8sc9ccccc9c8c7)cc6)ccc5c4)nc(-c4ccccc4)n3)cccc21. The first kappa shape index (κ1) is 34.8. The summed E-state index contributed by atoms with van der Waals surface area (Å²) in [4.78, 5) is 10.5. The molecule has 0 unspecified atom stereocenters. The predicted octanol–water partition coefficient (Wildman–Crippen LogP) is 15.8. The molecule has 12 rings (SSSR count). The molecule has 0 amide bonds. The monoisotopic (exact) mass is 782 g/mol. The summed E-state index contributed by atoms with van der Waals surface area (Å²) in [5.74, 6) is 0.721. The van der Waals surface area contributed by atoms with Crippen LogP contribution in [0.2, 0.25) is 0 Å². The van der Waals surface area contributed by atoms with Crippen LogP contribution in [0.15, 0.2) is 194 Å². The molecule has 0 saturated heterocycles. The number of nitrogens with zero attached hydrogens (tertiary/aromatic N) is 2. The van der Waals surface area contributed by atoms with Gasteiger partial charge in [-0.2, -0.15) is 0 Å². The zero-order valence-corrected chi connectivity index (χ0v) is 34.1. The first-order chi connectivity index (χ1) is 29.4. The minimum Gasteiger partial charge on any atom is -0.228 e. The molecule has 1 aliphatic carbocycles. The van der Waals surface area contributed by atoms with Crippen LogP contribution < -0.4 is 0 Å². The number of thiophene rings is 1. The van der Waals surface area contributed by atoms with Crippen molar-refractivity contribution in [2.45, 2.75) is 19.3 Å². The lowest BCUT2D eigenvalue weighted by molar-refractivity contribution is 0.661. The molecule has 0 N–H and O–H groups in total. The number of hydrogen-bond donors (Lipinski definition) is 0. The van der Waals surface area contributed by atoms with Crippen molar-refractivity contribution < 1.29 is 0 Å². The number of aromatic nitrogens is 2. The molecule has 2 nitrogen and oxygen atoms in total. The van der Waals surface area contributed by atoms with Crippen molar-refractivity contribution in [3.63, 3.8) is 0 Å². The topological polar surface area (TPSA) is 25.8 Å². The van der Waals surface area contributed by atoms with E-state index >= 15 is 0 Å². The summed E-state index contributed by atoms with van der Waals surface area (Å²) in [6.07, 6.45) is 0. The highest BCUT2D eigenvalue weighted by molar-refractivity contribution is 7.25. The molecule has 0 fully saturated rings. The van der Waals surface area contributed by atoms with Gasteiger partial charge in [0.25, 0.3) is 0 Å². The van der Waals surface area contributed by atoms with E-state index in [1.165, 1.54) is 86.2 Å². The zero-order chi connectivity index (χ0) is 40.0. The van der Waals surface area contributed by atoms with E-state index < -0.39 is 0 Å². The average molecular weight is 783 g/mol. The fraction of sp³-hybridized carbons (Fsp3) is 0.0526. The molecule has 9 aromatic carbocycles. The zero-order valence-electron chi connectivity index (χ0n) is 33.3. The van der Waals surface area contributed by atoms with Crippen molar-refractivity contribution in [1.82, 2.24) is 9.97 Å². The summed E-state index contributed by atoms with van der Waals surface area (Å²) >= 11 is 1.86. The maximum atomic E-state index is 5.31. The van der Waals surface area contributed by atoms with Crippen LogP contribution in [-0.2, 0) is 5.41 Å². The van der Waals surface area contributed by atoms with Crippen LogP contribution in [0.4, 0.5) is 0 Å². The van der Waals surface area contributed by atoms with Gasteiger partial charge in [0.15, 0.2) is 5.82 Å². The van der Waals surface area contributed by atoms with E-state index in [1.54, 1.807) is 0 Å². The minimum atomic E-state index is -0.142. The van der Waals surface area contributed by atoms with Crippen molar-refractivity contribution in [3.05, 3.63) is 205 Å². The molecule has 2 aromatic heterocycles. The fourth-order valence-electron chi connectivity index (χ4n) is 9.48. The maximum Gasteiger partial charge on any atom is 0.160 e. The van der Waals surface area contributed by atoms with Gasteiger partial charge < -0.3 is 0 Å². The Labute approximate surface area is 353 Å². The Morgan fingerprint density at radius 1 is 0.367 bits per heavy atom. The molecular formula is C57H38N2S. The van der Waals surface area contributed by atoms with Crippen LogP contribution in [0.5, 0.6) is 0 Å². The van der Waals surface area contributed by atoms with Gasteiger partial charge in [0.2, 0.25) is 0 Å². The van der Waals surface area contributed by atoms with Gasteiger partial charge in [-0.05, 0) is 115 Å². The van der Waals surface area contributed by atoms with Crippen LogP contribution in [0, 0.1) is 0 Å². The Morgan fingerprint density at radius 3 is 1.77 bits per heavy atom. The Kier molecular flexibility index (Phi) is 7.79. The van der Waals surface area contributed by atoms with Gasteiger partial charge in [-0.1, -0.05) is 159 Å². The molecule has 0 saturated carbocycles. The quantitative estimate of drug-likeness (QED) is 0.174. The lowest BCUT2D eigenvalue weighted by Crippen LogP contribution is -2.14. The molecule has 0 bridgehead atoms. The summed E-state index contributed by atoms with van der Waals surface area (Å²) in [6.45, 7) is 4.70. The highest BCUT2D eigenvalue weighted by atomic mass is 32.1. The Hall–Kier alpha value is -7.20. The molecule has 2 heterocycles. The highest BCUT2D eigenvalue weighted by Crippen LogP contribution is 2.53. The molecule has 0 spiro atoms. The van der Waals surface area contributed by atoms with Crippen LogP contribution in [0.1, 0.15) is 25.0 Å². The molecule has 0 atom stereocenters. The van der Waals surface area contributed by atoms with E-state index in [9.17, 15) is 0 Å². The molecule has 11 aromatic rings. The van der Waals surface area contributed by atoms with E-state index in [0.717, 1.165) is 33.9 Å². The molecule has 282 valence electrons. The summed E-state index contributed by atoms with van der Waals surface area (Å²) in [5.41, 5.74) is 15.0. The third-order valence-electron chi connectivity index (χ3n) is 12.7. The standard InChI is InChI=1S/C57H38N2S/c1-57(2)49-17-10-16-46(55(49)48-32-38-13-6-7-14-39(38)33-50(48)57)52-34-51(58-56(59-52)37-11-4-3-5-12-37)44-26-25-41-29-40(23-24-42(41)30-44)35-19-21-36(22-20-35)43-27-28-54-47(31-43)45-15-8-9-18-53(45)60-54/h3-34H,1-2H3. The summed E-state index contributed by atoms with van der Waals surface area (Å²) < 4.78 is 2.66. The first-order valence-corrected chi connectivity index (χ1v) is 21.4. The third-order valence-corrected chi connectivity index (χ3v) is 13.8. The Bertz CT molecular complexity index is 3500. The molecule has 3 heteroatoms. The van der Waals surface area contributed by atoms with Gasteiger partial charge in [0.05, 0.1) is 11.4 Å². The van der Waals surface area contributed by atoms with Gasteiger partial charge in [0, 0.05) is 42.3 Å². The van der Waals surface area contributed by atoms with Crippen LogP contribution >= 0.6 is 11.3 Å². The largest absolute Gasteiger partial charge is 0.228 e. The van der Waals surface area contributed by atoms with E-state index in [4.69, 9.17) is 9.97 Å². The number of benzene rings is 9. The second-order valence-electron chi connectivity index (χ2n) is 16.6. The average Bonchev–Trinajstić information content (AvgIpc) is 3.79. The lowest BCUT2D eigenvalue weighted by atomic mass is 9.81. The Morgan fingerprint density at radius 2 is 0.967 bits per heavy atom. The van der Waals surface area contributed by atoms with Crippen molar-refractivity contribution in [3.8, 4) is 67.3 Å². The van der Waals surface area contributed by atoms with Crippen molar-refractivity contribution in [2.75, 3.05) is 0 Å². The number of fused-ring (bicyclic) bond motifs is 8. The molecule has 60 heavy (non-hydrogen) atoms. The van der Waals surface area contributed by atoms with Gasteiger partial charge >= 0.3 is 0 Å². The van der Waals surface area contributed by atoms with E-state index in [0.29, 0.717) is 0 Å². The van der Waals surface area contributed by atoms with Gasteiger partial charge in [-0.25, -0.2) is 9.97 Å². The second-order valence-corrected chi connectivity index (χ2v) is 17.7. The number of rotatable bonds is 5. The van der Waals surface area contributed by atoms with Crippen LogP contribution in [-0.4, -0.2) is 9.97 Å².